The number of nitrogens with zero attached hydrogens (tertiary/aromatic N) is 4. The van der Waals surface area contributed by atoms with E-state index in [1.165, 1.54) is 6.07 Å². The van der Waals surface area contributed by atoms with Crippen LogP contribution in [0, 0.1) is 5.92 Å². The third kappa shape index (κ3) is 8.77. The summed E-state index contributed by atoms with van der Waals surface area (Å²) in [6, 6.07) is 46.6. The molecule has 3 aromatic heterocycles. The van der Waals surface area contributed by atoms with Gasteiger partial charge < -0.3 is 19.0 Å². The van der Waals surface area contributed by atoms with Gasteiger partial charge in [0.2, 0.25) is 0 Å². The van der Waals surface area contributed by atoms with E-state index in [1.807, 2.05) is 109 Å². The van der Waals surface area contributed by atoms with Gasteiger partial charge in [-0.3, -0.25) is 4.57 Å². The van der Waals surface area contributed by atoms with Crippen molar-refractivity contribution in [3.8, 4) is 39.6 Å². The van der Waals surface area contributed by atoms with Crippen molar-refractivity contribution in [1.29, 1.82) is 0 Å². The quantitative estimate of drug-likeness (QED) is 0.144. The van der Waals surface area contributed by atoms with Gasteiger partial charge in [-0.25, -0.2) is 4.98 Å². The summed E-state index contributed by atoms with van der Waals surface area (Å²) in [4.78, 5) is 9.18. The topological polar surface area (TPSA) is 46.7 Å². The minimum absolute atomic E-state index is 0.0500. The van der Waals surface area contributed by atoms with E-state index in [4.69, 9.17) is 22.4 Å². The highest BCUT2D eigenvalue weighted by Crippen LogP contribution is 2.52. The molecule has 1 aliphatic rings. The lowest BCUT2D eigenvalue weighted by atomic mass is 9.77. The van der Waals surface area contributed by atoms with Crippen molar-refractivity contribution in [3.63, 3.8) is 0 Å². The van der Waals surface area contributed by atoms with Crippen LogP contribution < -0.4 is 14.5 Å². The molecule has 0 radical (unpaired) electrons. The first-order valence-electron chi connectivity index (χ1n) is 30.3. The normalized spacial score (nSPS) is 14.9. The maximum atomic E-state index is 9.50. The summed E-state index contributed by atoms with van der Waals surface area (Å²) in [6.45, 7) is 23.7. The lowest BCUT2D eigenvalue weighted by molar-refractivity contribution is 0.483. The van der Waals surface area contributed by atoms with Crippen LogP contribution in [0.4, 0.5) is 22.7 Å². The Kier molecular flexibility index (Phi) is 9.71. The summed E-state index contributed by atoms with van der Waals surface area (Å²) < 4.78 is 88.0. The largest absolute Gasteiger partial charge is 0.457 e. The number of para-hydroxylation sites is 3. The summed E-state index contributed by atoms with van der Waals surface area (Å²) in [5.41, 5.74) is 11.6. The number of fused-ring (bicyclic) bond motifs is 8. The summed E-state index contributed by atoms with van der Waals surface area (Å²) in [5.74, 6) is 1.13. The predicted molar refractivity (Wildman–Crippen MR) is 320 cm³/mol. The zero-order chi connectivity index (χ0) is 59.9. The molecule has 0 bridgehead atoms. The third-order valence-corrected chi connectivity index (χ3v) is 14.7. The molecule has 76 heavy (non-hydrogen) atoms. The van der Waals surface area contributed by atoms with E-state index in [-0.39, 0.29) is 40.6 Å². The van der Waals surface area contributed by atoms with Gasteiger partial charge in [-0.05, 0) is 141 Å². The highest BCUT2D eigenvalue weighted by Gasteiger charge is 2.34. The molecule has 0 amide bonds. The Bertz CT molecular complexity index is 4440. The van der Waals surface area contributed by atoms with Gasteiger partial charge in [0.15, 0.2) is 0 Å². The third-order valence-electron chi connectivity index (χ3n) is 14.7. The Hall–Kier alpha value is -8.09. The molecule has 0 saturated heterocycles. The van der Waals surface area contributed by atoms with E-state index in [2.05, 4.69) is 115 Å². The standard InChI is InChI=1S/C70H68N4O2/c1-44(2)34-45-32-33-71-64(35-45)74-61-31-30-55-54-24-15-18-27-63(54)76-67(55)65(61)56-29-28-53(42-62(56)74)75-52-23-19-22-51(41-52)72-43-73(60-26-17-16-25-59(60)72)66-57(46-20-13-12-14-21-46)39-50(70(9,10)11)40-58(66)47-36-48(68(3,4)5)38-49(37-47)69(6,7)8/h12-33,35-42,44H,34,43H2,1-11H3/i12D,13D,14D,20D,21D,33D,34D2. The summed E-state index contributed by atoms with van der Waals surface area (Å²) in [7, 11) is 0. The lowest BCUT2D eigenvalue weighted by Crippen LogP contribution is -2.25. The maximum Gasteiger partial charge on any atom is 0.145 e. The molecule has 0 spiro atoms. The molecule has 12 rings (SSSR count). The zero-order valence-electron chi connectivity index (χ0n) is 53.2. The molecule has 0 atom stereocenters. The molecule has 0 saturated carbocycles. The van der Waals surface area contributed by atoms with E-state index < -0.39 is 29.9 Å². The Morgan fingerprint density at radius 1 is 0.592 bits per heavy atom. The van der Waals surface area contributed by atoms with E-state index >= 15 is 0 Å². The second-order valence-electron chi connectivity index (χ2n) is 23.6. The van der Waals surface area contributed by atoms with Crippen LogP contribution >= 0.6 is 0 Å². The predicted octanol–water partition coefficient (Wildman–Crippen LogP) is 19.5. The van der Waals surface area contributed by atoms with Crippen molar-refractivity contribution in [2.45, 2.75) is 98.8 Å². The minimum atomic E-state index is -1.73. The van der Waals surface area contributed by atoms with E-state index in [0.29, 0.717) is 40.7 Å². The second-order valence-corrected chi connectivity index (χ2v) is 23.6. The molecule has 380 valence electrons. The molecule has 4 heterocycles. The molecule has 0 unspecified atom stereocenters. The van der Waals surface area contributed by atoms with Gasteiger partial charge in [-0.1, -0.05) is 161 Å². The fourth-order valence-corrected chi connectivity index (χ4v) is 10.8. The molecule has 11 aromatic rings. The van der Waals surface area contributed by atoms with Gasteiger partial charge in [0.25, 0.3) is 0 Å². The number of furan rings is 1. The number of hydrogen-bond acceptors (Lipinski definition) is 5. The monoisotopic (exact) mass is 1000 g/mol. The van der Waals surface area contributed by atoms with Crippen LogP contribution in [0.25, 0.3) is 71.8 Å². The second kappa shape index (κ2) is 18.3. The number of anilines is 4. The lowest BCUT2D eigenvalue weighted by Gasteiger charge is -2.31. The Labute approximate surface area is 459 Å². The van der Waals surface area contributed by atoms with Crippen LogP contribution in [-0.4, -0.2) is 16.2 Å². The van der Waals surface area contributed by atoms with E-state index in [0.717, 1.165) is 88.7 Å². The first kappa shape index (κ1) is 40.3. The fraction of sp³-hybridized carbons (Fsp3) is 0.243. The zero-order valence-corrected chi connectivity index (χ0v) is 45.2. The fourth-order valence-electron chi connectivity index (χ4n) is 10.8. The first-order chi connectivity index (χ1) is 39.6. The average molecular weight is 1010 g/mol. The number of hydrogen-bond donors (Lipinski definition) is 0. The van der Waals surface area contributed by atoms with Gasteiger partial charge >= 0.3 is 0 Å². The summed E-state index contributed by atoms with van der Waals surface area (Å²) in [6.07, 6.45) is -1.78. The van der Waals surface area contributed by atoms with Crippen LogP contribution in [0.15, 0.2) is 186 Å². The molecule has 0 N–H and O–H groups in total. The minimum Gasteiger partial charge on any atom is -0.457 e. The van der Waals surface area contributed by atoms with Crippen molar-refractivity contribution < 1.29 is 20.1 Å². The van der Waals surface area contributed by atoms with E-state index in [1.54, 1.807) is 6.07 Å². The summed E-state index contributed by atoms with van der Waals surface area (Å²) in [5, 5.41) is 3.68. The highest BCUT2D eigenvalue weighted by atomic mass is 16.5. The number of rotatable bonds is 9. The SMILES string of the molecule is [2H]c1cc(C([2H])([2H])C(C)C)cc(-n2c3cc(Oc4cccc(N5CN(c6c(-c7cc(C(C)(C)C)cc(C(C)(C)C)c7)cc(C(C)(C)C)cc6-c6c([2H])c([2H])c([2H])c([2H])c6[2H])c6ccccc65)c4)ccc3c3c4oc5ccccc5c4ccc32)n1. The van der Waals surface area contributed by atoms with Crippen molar-refractivity contribution >= 4 is 66.5 Å². The first-order valence-corrected chi connectivity index (χ1v) is 26.3. The van der Waals surface area contributed by atoms with Crippen molar-refractivity contribution in [2.75, 3.05) is 16.5 Å². The molecule has 1 aliphatic heterocycles. The Balaban J connectivity index is 1.02. The molecule has 0 fully saturated rings. The van der Waals surface area contributed by atoms with Gasteiger partial charge in [0.05, 0.1) is 41.7 Å². The molecule has 6 nitrogen and oxygen atoms in total. The maximum absolute atomic E-state index is 9.50. The van der Waals surface area contributed by atoms with Gasteiger partial charge in [0.1, 0.15) is 35.2 Å². The van der Waals surface area contributed by atoms with Gasteiger partial charge in [0, 0.05) is 54.0 Å². The van der Waals surface area contributed by atoms with Crippen LogP contribution in [0.2, 0.25) is 0 Å². The Morgan fingerprint density at radius 3 is 1.95 bits per heavy atom. The number of benzene rings is 8. The number of aromatic nitrogens is 2. The Morgan fingerprint density at radius 2 is 1.24 bits per heavy atom. The average Bonchev–Trinajstić information content (AvgIpc) is 2.41. The molecule has 6 heteroatoms. The molecule has 0 aliphatic carbocycles. The number of ether oxygens (including phenoxy) is 1. The van der Waals surface area contributed by atoms with Crippen LogP contribution in [0.5, 0.6) is 11.5 Å². The van der Waals surface area contributed by atoms with Crippen LogP contribution in [0.3, 0.4) is 0 Å². The summed E-state index contributed by atoms with van der Waals surface area (Å²) >= 11 is 0. The number of pyridine rings is 1. The van der Waals surface area contributed by atoms with Crippen LogP contribution in [-0.2, 0) is 22.6 Å². The van der Waals surface area contributed by atoms with Gasteiger partial charge in [-0.2, -0.15) is 0 Å². The van der Waals surface area contributed by atoms with Crippen molar-refractivity contribution in [2.24, 2.45) is 5.92 Å². The highest BCUT2D eigenvalue weighted by molar-refractivity contribution is 6.24. The van der Waals surface area contributed by atoms with E-state index in [9.17, 15) is 2.74 Å². The van der Waals surface area contributed by atoms with Crippen molar-refractivity contribution in [1.82, 2.24) is 9.55 Å². The smallest absolute Gasteiger partial charge is 0.145 e. The van der Waals surface area contributed by atoms with Gasteiger partial charge in [-0.15, -0.1) is 0 Å². The van der Waals surface area contributed by atoms with Crippen LogP contribution in [0.1, 0.15) is 109 Å². The molecule has 8 aromatic carbocycles. The van der Waals surface area contributed by atoms with Crippen molar-refractivity contribution in [3.05, 3.63) is 204 Å². The molecular weight excluding hydrogens is 929 g/mol. The molecular formula is C70H68N4O2.